The van der Waals surface area contributed by atoms with Crippen LogP contribution in [0.4, 0.5) is 0 Å². The van der Waals surface area contributed by atoms with Crippen LogP contribution in [-0.2, 0) is 0 Å². The maximum absolute atomic E-state index is 15.1. The Labute approximate surface area is 390 Å². The lowest BCUT2D eigenvalue weighted by molar-refractivity contribution is 1.19. The third-order valence-electron chi connectivity index (χ3n) is 11.9. The lowest BCUT2D eigenvalue weighted by Crippen LogP contribution is -2.16. The molecule has 0 aliphatic heterocycles. The van der Waals surface area contributed by atoms with Crippen LogP contribution < -0.4 is 11.1 Å². The van der Waals surface area contributed by atoms with Crippen LogP contribution in [0.15, 0.2) is 118 Å². The number of pyridine rings is 2. The predicted molar refractivity (Wildman–Crippen MR) is 267 cm³/mol. The number of benzene rings is 9. The minimum atomic E-state index is -0.187. The molecule has 13 rings (SSSR count). The summed E-state index contributed by atoms with van der Waals surface area (Å²) in [6.45, 7) is 0. The van der Waals surface area contributed by atoms with Gasteiger partial charge in [0.25, 0.3) is 11.1 Å². The first kappa shape index (κ1) is 35.7. The van der Waals surface area contributed by atoms with Crippen molar-refractivity contribution in [3.63, 3.8) is 0 Å². The first-order chi connectivity index (χ1) is 28.0. The number of fused-ring (bicyclic) bond motifs is 12. The minimum Gasteiger partial charge on any atom is -0.268 e. The van der Waals surface area contributed by atoms with Crippen LogP contribution in [0.1, 0.15) is 0 Å². The Morgan fingerprint density at radius 1 is 0.345 bits per heavy atom. The van der Waals surface area contributed by atoms with Crippen LogP contribution in [0, 0.1) is 0 Å². The van der Waals surface area contributed by atoms with Crippen LogP contribution >= 0.6 is 127 Å². The van der Waals surface area contributed by atoms with E-state index in [0.29, 0.717) is 40.0 Å². The van der Waals surface area contributed by atoms with E-state index in [1.54, 1.807) is 8.80 Å². The van der Waals surface area contributed by atoms with Gasteiger partial charge in [-0.1, -0.05) is 48.5 Å². The smallest absolute Gasteiger partial charge is 0.265 e. The minimum absolute atomic E-state index is 0.187. The number of imidazole rings is 2. The molecule has 0 bridgehead atoms. The number of halogens is 8. The Bertz CT molecular complexity index is 4000. The summed E-state index contributed by atoms with van der Waals surface area (Å²) in [5.74, 6) is 0. The Balaban J connectivity index is 1.33. The molecule has 0 radical (unpaired) electrons. The molecule has 0 fully saturated rings. The summed E-state index contributed by atoms with van der Waals surface area (Å²) in [4.78, 5) is 40.5. The van der Waals surface area contributed by atoms with E-state index in [1.807, 2.05) is 60.7 Å². The summed E-state index contributed by atoms with van der Waals surface area (Å²) in [5.41, 5.74) is 3.65. The summed E-state index contributed by atoms with van der Waals surface area (Å²) in [7, 11) is 0. The van der Waals surface area contributed by atoms with Gasteiger partial charge >= 0.3 is 0 Å². The molecular weight excluding hydrogens is 1260 g/mol. The van der Waals surface area contributed by atoms with Crippen molar-refractivity contribution in [1.82, 2.24) is 18.8 Å². The molecule has 9 aromatic carbocycles. The molecule has 0 amide bonds. The molecule has 4 heterocycles. The summed E-state index contributed by atoms with van der Waals surface area (Å²) in [6, 6.07) is 24.4. The summed E-state index contributed by atoms with van der Waals surface area (Å²) in [5, 5.41) is 13.5. The van der Waals surface area contributed by atoms with Crippen molar-refractivity contribution >= 4 is 247 Å². The van der Waals surface area contributed by atoms with Gasteiger partial charge in [-0.25, -0.2) is 9.97 Å². The maximum Gasteiger partial charge on any atom is 0.265 e. The predicted octanol–water partition coefficient (Wildman–Crippen LogP) is 15.6. The van der Waals surface area contributed by atoms with E-state index in [0.717, 1.165) is 115 Å². The van der Waals surface area contributed by atoms with Gasteiger partial charge in [0.1, 0.15) is 11.3 Å². The molecule has 58 heavy (non-hydrogen) atoms. The van der Waals surface area contributed by atoms with Gasteiger partial charge < -0.3 is 0 Å². The average molecular weight is 1270 g/mol. The van der Waals surface area contributed by atoms with Crippen molar-refractivity contribution in [2.75, 3.05) is 0 Å². The SMILES string of the molecule is O=c1c2c(Br)c(Br)c3c4c(Br)c(Br)c5c6c(c(Br)c(Br)c(c7c(Br)c(Br)c(c2c37)c2nc3cc7ccccc7cc3n12)c46)c(=O)n1c2cc3ccccc3cc2nc51. The molecule has 276 valence electrons. The Morgan fingerprint density at radius 3 is 0.966 bits per heavy atom. The Morgan fingerprint density at radius 2 is 0.621 bits per heavy atom. The van der Waals surface area contributed by atoms with Crippen molar-refractivity contribution in [1.29, 1.82) is 0 Å². The summed E-state index contributed by atoms with van der Waals surface area (Å²) < 4.78 is 9.18. The molecule has 0 saturated carbocycles. The molecule has 0 aliphatic carbocycles. The number of nitrogens with zero attached hydrogens (tertiary/aromatic N) is 4. The highest BCUT2D eigenvalue weighted by atomic mass is 79.9. The average Bonchev–Trinajstić information content (AvgIpc) is 3.78. The fraction of sp³-hybridized carbons (Fsp3) is 0. The van der Waals surface area contributed by atoms with Gasteiger partial charge in [0.2, 0.25) is 0 Å². The van der Waals surface area contributed by atoms with Gasteiger partial charge in [0.15, 0.2) is 0 Å². The molecule has 6 nitrogen and oxygen atoms in total. The molecule has 0 N–H and O–H groups in total. The third-order valence-corrected chi connectivity index (χ3v) is 20.3. The normalized spacial score (nSPS) is 13.0. The highest BCUT2D eigenvalue weighted by Crippen LogP contribution is 2.59. The lowest BCUT2D eigenvalue weighted by atomic mass is 9.86. The number of hydrogen-bond donors (Lipinski definition) is 0. The van der Waals surface area contributed by atoms with Crippen molar-refractivity contribution < 1.29 is 0 Å². The van der Waals surface area contributed by atoms with Crippen LogP contribution in [0.3, 0.4) is 0 Å². The van der Waals surface area contributed by atoms with Crippen LogP contribution in [0.2, 0.25) is 0 Å². The fourth-order valence-corrected chi connectivity index (χ4v) is 14.2. The zero-order valence-corrected chi connectivity index (χ0v) is 41.2. The first-order valence-corrected chi connectivity index (χ1v) is 24.0. The first-order valence-electron chi connectivity index (χ1n) is 17.6. The van der Waals surface area contributed by atoms with Crippen LogP contribution in [0.5, 0.6) is 0 Å². The van der Waals surface area contributed by atoms with Crippen LogP contribution in [0.25, 0.3) is 120 Å². The number of rotatable bonds is 0. The molecule has 0 aliphatic rings. The second kappa shape index (κ2) is 11.8. The van der Waals surface area contributed by atoms with E-state index >= 15 is 9.59 Å². The van der Waals surface area contributed by atoms with E-state index in [1.165, 1.54) is 0 Å². The molecule has 0 spiro atoms. The Kier molecular flexibility index (Phi) is 7.28. The van der Waals surface area contributed by atoms with E-state index < -0.39 is 0 Å². The summed E-state index contributed by atoms with van der Waals surface area (Å²) >= 11 is 32.1. The van der Waals surface area contributed by atoms with Crippen molar-refractivity contribution in [2.45, 2.75) is 0 Å². The van der Waals surface area contributed by atoms with Gasteiger partial charge in [0.05, 0.1) is 32.8 Å². The monoisotopic (exact) mass is 1260 g/mol. The second-order valence-electron chi connectivity index (χ2n) is 14.5. The topological polar surface area (TPSA) is 68.7 Å². The molecule has 4 aromatic heterocycles. The van der Waals surface area contributed by atoms with E-state index in [9.17, 15) is 0 Å². The van der Waals surface area contributed by atoms with E-state index in [4.69, 9.17) is 9.97 Å². The van der Waals surface area contributed by atoms with Gasteiger partial charge in [-0.05, 0) is 173 Å². The van der Waals surface area contributed by atoms with E-state index in [-0.39, 0.29) is 11.1 Å². The zero-order chi connectivity index (χ0) is 39.5. The molecule has 0 unspecified atom stereocenters. The molecule has 13 aromatic rings. The maximum atomic E-state index is 15.1. The highest BCUT2D eigenvalue weighted by Gasteiger charge is 2.34. The molecule has 0 saturated heterocycles. The molecular formula is C44H12Br8N4O2. The lowest BCUT2D eigenvalue weighted by Gasteiger charge is -2.24. The van der Waals surface area contributed by atoms with E-state index in [2.05, 4.69) is 140 Å². The Hall–Kier alpha value is -3.08. The zero-order valence-electron chi connectivity index (χ0n) is 28.6. The van der Waals surface area contributed by atoms with Gasteiger partial charge in [0, 0.05) is 89.6 Å². The summed E-state index contributed by atoms with van der Waals surface area (Å²) in [6.07, 6.45) is 0. The highest BCUT2D eigenvalue weighted by molar-refractivity contribution is 9.14. The van der Waals surface area contributed by atoms with Crippen molar-refractivity contribution in [3.05, 3.63) is 129 Å². The van der Waals surface area contributed by atoms with Crippen molar-refractivity contribution in [3.8, 4) is 0 Å². The quantitative estimate of drug-likeness (QED) is 0.112. The van der Waals surface area contributed by atoms with Gasteiger partial charge in [-0.3, -0.25) is 18.4 Å². The number of aromatic nitrogens is 4. The fourth-order valence-electron chi connectivity index (χ4n) is 9.51. The van der Waals surface area contributed by atoms with Gasteiger partial charge in [-0.15, -0.1) is 0 Å². The largest absolute Gasteiger partial charge is 0.268 e. The second-order valence-corrected chi connectivity index (χ2v) is 20.9. The third kappa shape index (κ3) is 4.08. The molecule has 14 heteroatoms. The number of hydrogen-bond acceptors (Lipinski definition) is 4. The standard InChI is InChI=1S/C44H12Br8N4O2/c45-33-25-21-23-29(37(33)49)41-53-17-9-13-5-1-3-7-15(13)11-19(17)55(41)43(57)31(23)39(51)35(47)27(21)26-22-24-30(38(50)34(26)46)42-54-18-10-14-6-2-4-8-16(14)12-20(18)56(42)44(58)32(24)40(52)36(48)28(22)25/h1-12H. The van der Waals surface area contributed by atoms with Crippen molar-refractivity contribution in [2.24, 2.45) is 0 Å². The molecule has 0 atom stereocenters. The van der Waals surface area contributed by atoms with Crippen LogP contribution in [-0.4, -0.2) is 18.8 Å². The van der Waals surface area contributed by atoms with Gasteiger partial charge in [-0.2, -0.15) is 0 Å².